The van der Waals surface area contributed by atoms with Gasteiger partial charge < -0.3 is 10.1 Å². The Balaban J connectivity index is 3.58. The largest absolute Gasteiger partial charge is 0.366 e. The van der Waals surface area contributed by atoms with Crippen molar-refractivity contribution < 1.29 is 9.53 Å². The summed E-state index contributed by atoms with van der Waals surface area (Å²) < 4.78 is 5.28. The van der Waals surface area contributed by atoms with E-state index in [-0.39, 0.29) is 18.1 Å². The third kappa shape index (κ3) is 9.08. The first kappa shape index (κ1) is 12.2. The monoisotopic (exact) mass is 185 g/mol. The summed E-state index contributed by atoms with van der Waals surface area (Å²) in [6.45, 7) is 11.9. The van der Waals surface area contributed by atoms with E-state index in [0.29, 0.717) is 6.54 Å². The molecular formula is C10H19NO2. The summed E-state index contributed by atoms with van der Waals surface area (Å²) >= 11 is 0. The molecule has 0 atom stereocenters. The number of amides is 1. The van der Waals surface area contributed by atoms with E-state index in [1.54, 1.807) is 0 Å². The molecule has 0 unspecified atom stereocenters. The molecule has 0 radical (unpaired) electrons. The van der Waals surface area contributed by atoms with Gasteiger partial charge >= 0.3 is 0 Å². The van der Waals surface area contributed by atoms with Crippen LogP contribution < -0.4 is 5.32 Å². The number of carbonyl (C=O) groups excluding carboxylic acids is 1. The lowest BCUT2D eigenvalue weighted by atomic mass is 10.2. The summed E-state index contributed by atoms with van der Waals surface area (Å²) in [5.74, 6) is -0.0991. The van der Waals surface area contributed by atoms with Gasteiger partial charge in [-0.25, -0.2) is 0 Å². The van der Waals surface area contributed by atoms with Gasteiger partial charge in [-0.2, -0.15) is 0 Å². The van der Waals surface area contributed by atoms with E-state index in [2.05, 4.69) is 11.9 Å². The zero-order chi connectivity index (χ0) is 10.5. The van der Waals surface area contributed by atoms with Gasteiger partial charge in [0.1, 0.15) is 6.61 Å². The molecule has 0 aliphatic rings. The third-order valence-corrected chi connectivity index (χ3v) is 1.22. The maximum Gasteiger partial charge on any atom is 0.246 e. The van der Waals surface area contributed by atoms with Crippen LogP contribution in [0, 0.1) is 0 Å². The first-order chi connectivity index (χ1) is 5.81. The molecule has 0 saturated heterocycles. The first-order valence-corrected chi connectivity index (χ1v) is 4.36. The van der Waals surface area contributed by atoms with E-state index in [1.165, 1.54) is 0 Å². The van der Waals surface area contributed by atoms with Crippen molar-refractivity contribution in [1.29, 1.82) is 0 Å². The molecule has 1 amide bonds. The van der Waals surface area contributed by atoms with Gasteiger partial charge in [-0.3, -0.25) is 4.79 Å². The highest BCUT2D eigenvalue weighted by Crippen LogP contribution is 2.05. The summed E-state index contributed by atoms with van der Waals surface area (Å²) in [6.07, 6.45) is 0. The maximum absolute atomic E-state index is 11.1. The Kier molecular flexibility index (Phi) is 4.70. The lowest BCUT2D eigenvalue weighted by molar-refractivity contribution is -0.130. The minimum atomic E-state index is -0.263. The van der Waals surface area contributed by atoms with E-state index >= 15 is 0 Å². The van der Waals surface area contributed by atoms with Gasteiger partial charge in [0.15, 0.2) is 0 Å². The van der Waals surface area contributed by atoms with E-state index in [4.69, 9.17) is 4.74 Å². The minimum absolute atomic E-state index is 0.0991. The fourth-order valence-electron chi connectivity index (χ4n) is 0.583. The molecule has 0 fully saturated rings. The van der Waals surface area contributed by atoms with E-state index < -0.39 is 0 Å². The second-order valence-corrected chi connectivity index (χ2v) is 4.13. The fraction of sp³-hybridized carbons (Fsp3) is 0.700. The molecule has 76 valence electrons. The summed E-state index contributed by atoms with van der Waals surface area (Å²) in [7, 11) is 0. The molecule has 0 heterocycles. The predicted octanol–water partition coefficient (Wildman–Crippen LogP) is 1.49. The van der Waals surface area contributed by atoms with Crippen LogP contribution in [0.5, 0.6) is 0 Å². The number of ether oxygens (including phenoxy) is 1. The van der Waals surface area contributed by atoms with Gasteiger partial charge in [-0.05, 0) is 27.7 Å². The van der Waals surface area contributed by atoms with Crippen molar-refractivity contribution in [3.05, 3.63) is 12.2 Å². The minimum Gasteiger partial charge on any atom is -0.366 e. The zero-order valence-electron chi connectivity index (χ0n) is 8.94. The van der Waals surface area contributed by atoms with Gasteiger partial charge in [-0.15, -0.1) is 0 Å². The Hall–Kier alpha value is -0.830. The SMILES string of the molecule is C=C(C)CNC(=O)COC(C)(C)C. The standard InChI is InChI=1S/C10H19NO2/c1-8(2)6-11-9(12)7-13-10(3,4)5/h1,6-7H2,2-5H3,(H,11,12). The highest BCUT2D eigenvalue weighted by atomic mass is 16.5. The van der Waals surface area contributed by atoms with Crippen LogP contribution in [0.3, 0.4) is 0 Å². The van der Waals surface area contributed by atoms with Crippen LogP contribution in [0.1, 0.15) is 27.7 Å². The second-order valence-electron chi connectivity index (χ2n) is 4.13. The molecule has 0 aliphatic heterocycles. The predicted molar refractivity (Wildman–Crippen MR) is 53.5 cm³/mol. The van der Waals surface area contributed by atoms with E-state index in [1.807, 2.05) is 27.7 Å². The van der Waals surface area contributed by atoms with Crippen LogP contribution >= 0.6 is 0 Å². The normalized spacial score (nSPS) is 11.1. The van der Waals surface area contributed by atoms with Gasteiger partial charge in [0.05, 0.1) is 5.60 Å². The second kappa shape index (κ2) is 5.02. The number of hydrogen-bond donors (Lipinski definition) is 1. The lowest BCUT2D eigenvalue weighted by Gasteiger charge is -2.18. The molecule has 3 nitrogen and oxygen atoms in total. The lowest BCUT2D eigenvalue weighted by Crippen LogP contribution is -2.32. The van der Waals surface area contributed by atoms with Crippen LogP contribution in [-0.2, 0) is 9.53 Å². The van der Waals surface area contributed by atoms with Crippen molar-refractivity contribution in [1.82, 2.24) is 5.32 Å². The van der Waals surface area contributed by atoms with E-state index in [0.717, 1.165) is 5.57 Å². The molecular weight excluding hydrogens is 166 g/mol. The molecule has 1 N–H and O–H groups in total. The van der Waals surface area contributed by atoms with E-state index in [9.17, 15) is 4.79 Å². The van der Waals surface area contributed by atoms with Gasteiger partial charge in [0.2, 0.25) is 5.91 Å². The highest BCUT2D eigenvalue weighted by molar-refractivity contribution is 5.77. The molecule has 0 saturated carbocycles. The number of rotatable bonds is 4. The van der Waals surface area contributed by atoms with Crippen LogP contribution in [0.15, 0.2) is 12.2 Å². The summed E-state index contributed by atoms with van der Waals surface area (Å²) in [5.41, 5.74) is 0.671. The average molecular weight is 185 g/mol. The molecule has 0 aromatic rings. The van der Waals surface area contributed by atoms with Crippen LogP contribution in [0.4, 0.5) is 0 Å². The average Bonchev–Trinajstić information content (AvgIpc) is 1.95. The Morgan fingerprint density at radius 2 is 2.00 bits per heavy atom. The van der Waals surface area contributed by atoms with Gasteiger partial charge in [0.25, 0.3) is 0 Å². The Morgan fingerprint density at radius 1 is 1.46 bits per heavy atom. The fourth-order valence-corrected chi connectivity index (χ4v) is 0.583. The number of hydrogen-bond acceptors (Lipinski definition) is 2. The van der Waals surface area contributed by atoms with Crippen molar-refractivity contribution in [2.24, 2.45) is 0 Å². The van der Waals surface area contributed by atoms with Crippen molar-refractivity contribution in [2.45, 2.75) is 33.3 Å². The topological polar surface area (TPSA) is 38.3 Å². The zero-order valence-corrected chi connectivity index (χ0v) is 8.94. The third-order valence-electron chi connectivity index (χ3n) is 1.22. The molecule has 0 aromatic heterocycles. The molecule has 0 aromatic carbocycles. The molecule has 0 aliphatic carbocycles. The van der Waals surface area contributed by atoms with Crippen molar-refractivity contribution in [3.8, 4) is 0 Å². The molecule has 0 bridgehead atoms. The molecule has 0 rings (SSSR count). The van der Waals surface area contributed by atoms with Crippen molar-refractivity contribution in [3.63, 3.8) is 0 Å². The van der Waals surface area contributed by atoms with Crippen LogP contribution in [0.2, 0.25) is 0 Å². The summed E-state index contributed by atoms with van der Waals surface area (Å²) in [4.78, 5) is 11.1. The van der Waals surface area contributed by atoms with Gasteiger partial charge in [-0.1, -0.05) is 12.2 Å². The van der Waals surface area contributed by atoms with Gasteiger partial charge in [0, 0.05) is 6.54 Å². The first-order valence-electron chi connectivity index (χ1n) is 4.36. The van der Waals surface area contributed by atoms with Crippen LogP contribution in [-0.4, -0.2) is 24.7 Å². The Bertz CT molecular complexity index is 192. The summed E-state index contributed by atoms with van der Waals surface area (Å²) in [6, 6.07) is 0. The number of carbonyl (C=O) groups is 1. The quantitative estimate of drug-likeness (QED) is 0.674. The smallest absolute Gasteiger partial charge is 0.246 e. The Labute approximate surface area is 80.2 Å². The van der Waals surface area contributed by atoms with Crippen molar-refractivity contribution in [2.75, 3.05) is 13.2 Å². The Morgan fingerprint density at radius 3 is 2.38 bits per heavy atom. The summed E-state index contributed by atoms with van der Waals surface area (Å²) in [5, 5.41) is 2.69. The molecule has 0 spiro atoms. The van der Waals surface area contributed by atoms with Crippen LogP contribution in [0.25, 0.3) is 0 Å². The highest BCUT2D eigenvalue weighted by Gasteiger charge is 2.12. The molecule has 3 heteroatoms. The molecule has 13 heavy (non-hydrogen) atoms. The number of nitrogens with one attached hydrogen (secondary N) is 1. The van der Waals surface area contributed by atoms with Crippen molar-refractivity contribution >= 4 is 5.91 Å². The maximum atomic E-state index is 11.1.